The maximum absolute atomic E-state index is 10.8. The molecule has 0 bridgehead atoms. The molecule has 1 heterocycles. The Balaban J connectivity index is 3.22. The van der Waals surface area contributed by atoms with Gasteiger partial charge in [-0.2, -0.15) is 0 Å². The molecule has 0 aliphatic rings. The fourth-order valence-electron chi connectivity index (χ4n) is 0.877. The van der Waals surface area contributed by atoms with Crippen molar-refractivity contribution in [2.24, 2.45) is 0 Å². The van der Waals surface area contributed by atoms with Crippen molar-refractivity contribution in [3.63, 3.8) is 0 Å². The quantitative estimate of drug-likeness (QED) is 0.430. The Morgan fingerprint density at radius 1 is 1.21 bits per heavy atom. The Morgan fingerprint density at radius 2 is 1.71 bits per heavy atom. The van der Waals surface area contributed by atoms with Crippen molar-refractivity contribution in [3.8, 4) is 0 Å². The fraction of sp³-hybridized carbons (Fsp3) is 0.333. The second-order valence-electron chi connectivity index (χ2n) is 2.45. The molecular formula is C3H7N3O6P2. The molecule has 0 saturated carbocycles. The van der Waals surface area contributed by atoms with E-state index in [2.05, 4.69) is 15.4 Å². The van der Waals surface area contributed by atoms with Crippen LogP contribution in [0.5, 0.6) is 0 Å². The third-order valence-corrected chi connectivity index (χ3v) is 4.95. The van der Waals surface area contributed by atoms with Crippen LogP contribution < -0.4 is 0 Å². The third kappa shape index (κ3) is 2.48. The van der Waals surface area contributed by atoms with Crippen molar-refractivity contribution >= 4 is 15.2 Å². The van der Waals surface area contributed by atoms with Crippen molar-refractivity contribution in [1.82, 2.24) is 15.4 Å². The van der Waals surface area contributed by atoms with Gasteiger partial charge in [0.2, 0.25) is 5.40 Å². The number of H-pyrrole nitrogens is 1. The first-order valence-electron chi connectivity index (χ1n) is 3.19. The molecule has 14 heavy (non-hydrogen) atoms. The lowest BCUT2D eigenvalue weighted by Gasteiger charge is -2.16. The van der Waals surface area contributed by atoms with Crippen LogP contribution >= 0.6 is 15.2 Å². The van der Waals surface area contributed by atoms with Gasteiger partial charge in [-0.3, -0.25) is 14.2 Å². The molecule has 80 valence electrons. The van der Waals surface area contributed by atoms with Crippen molar-refractivity contribution < 1.29 is 28.7 Å². The minimum absolute atomic E-state index is 0.466. The molecule has 1 rings (SSSR count). The lowest BCUT2D eigenvalue weighted by Crippen LogP contribution is -2.01. The van der Waals surface area contributed by atoms with Gasteiger partial charge in [0.15, 0.2) is 0 Å². The minimum atomic E-state index is -4.97. The molecule has 1 aromatic heterocycles. The highest BCUT2D eigenvalue weighted by molar-refractivity contribution is 7.70. The molecule has 1 aromatic rings. The Labute approximate surface area is 77.5 Å². The van der Waals surface area contributed by atoms with Crippen molar-refractivity contribution in [2.75, 3.05) is 0 Å². The van der Waals surface area contributed by atoms with E-state index in [1.54, 1.807) is 0 Å². The van der Waals surface area contributed by atoms with E-state index in [0.717, 1.165) is 6.20 Å². The average Bonchev–Trinajstić information content (AvgIpc) is 2.31. The summed E-state index contributed by atoms with van der Waals surface area (Å²) in [5.41, 5.74) is -0.466. The summed E-state index contributed by atoms with van der Waals surface area (Å²) in [6.45, 7) is 0. The lowest BCUT2D eigenvalue weighted by molar-refractivity contribution is 0.339. The first kappa shape index (κ1) is 11.5. The Morgan fingerprint density at radius 3 is 2.00 bits per heavy atom. The van der Waals surface area contributed by atoms with Crippen molar-refractivity contribution in [3.05, 3.63) is 11.9 Å². The minimum Gasteiger partial charge on any atom is -0.324 e. The van der Waals surface area contributed by atoms with Crippen LogP contribution in [0.15, 0.2) is 6.20 Å². The molecule has 0 aromatic carbocycles. The SMILES string of the molecule is O=P(O)(O)C(c1c[nH]nn1)P(=O)(O)O. The Bertz CT molecular complexity index is 368. The summed E-state index contributed by atoms with van der Waals surface area (Å²) in [7, 11) is -9.94. The second-order valence-corrected chi connectivity index (χ2v) is 6.25. The van der Waals surface area contributed by atoms with E-state index in [9.17, 15) is 9.13 Å². The largest absolute Gasteiger partial charge is 0.346 e. The summed E-state index contributed by atoms with van der Waals surface area (Å²) in [6.07, 6.45) is 0.919. The predicted octanol–water partition coefficient (Wildman–Crippen LogP) is -0.841. The van der Waals surface area contributed by atoms with Gasteiger partial charge in [0.05, 0.1) is 0 Å². The number of nitrogens with one attached hydrogen (secondary N) is 1. The molecule has 0 spiro atoms. The number of aromatic nitrogens is 3. The van der Waals surface area contributed by atoms with Gasteiger partial charge in [-0.25, -0.2) is 0 Å². The fourth-order valence-corrected chi connectivity index (χ4v) is 3.39. The van der Waals surface area contributed by atoms with Gasteiger partial charge in [-0.05, 0) is 0 Å². The first-order valence-corrected chi connectivity index (χ1v) is 6.56. The van der Waals surface area contributed by atoms with Gasteiger partial charge >= 0.3 is 15.2 Å². The molecule has 11 heteroatoms. The third-order valence-electron chi connectivity index (χ3n) is 1.34. The summed E-state index contributed by atoms with van der Waals surface area (Å²) in [5.74, 6) is 0. The average molecular weight is 243 g/mol. The van der Waals surface area contributed by atoms with Crippen LogP contribution in [0.4, 0.5) is 0 Å². The number of hydrogen-bond donors (Lipinski definition) is 5. The van der Waals surface area contributed by atoms with Gasteiger partial charge in [0.25, 0.3) is 0 Å². The molecule has 5 N–H and O–H groups in total. The van der Waals surface area contributed by atoms with Crippen LogP contribution in [0.25, 0.3) is 0 Å². The molecule has 0 aliphatic carbocycles. The maximum atomic E-state index is 10.8. The van der Waals surface area contributed by atoms with Crippen LogP contribution in [-0.4, -0.2) is 35.0 Å². The van der Waals surface area contributed by atoms with Crippen LogP contribution in [0.2, 0.25) is 0 Å². The molecule has 0 fully saturated rings. The van der Waals surface area contributed by atoms with E-state index in [1.165, 1.54) is 0 Å². The predicted molar refractivity (Wildman–Crippen MR) is 43.2 cm³/mol. The summed E-state index contributed by atoms with van der Waals surface area (Å²) in [5, 5.41) is 6.12. The number of nitrogens with zero attached hydrogens (tertiary/aromatic N) is 2. The van der Waals surface area contributed by atoms with Crippen LogP contribution in [0.1, 0.15) is 11.1 Å². The summed E-state index contributed by atoms with van der Waals surface area (Å²) >= 11 is 0. The Hall–Kier alpha value is -0.560. The molecule has 0 amide bonds. The van der Waals surface area contributed by atoms with E-state index in [0.29, 0.717) is 0 Å². The van der Waals surface area contributed by atoms with E-state index in [4.69, 9.17) is 19.6 Å². The van der Waals surface area contributed by atoms with Crippen LogP contribution in [0.3, 0.4) is 0 Å². The normalized spacial score (nSPS) is 13.5. The van der Waals surface area contributed by atoms with Gasteiger partial charge < -0.3 is 19.6 Å². The Kier molecular flexibility index (Phi) is 2.91. The molecule has 0 aliphatic heterocycles. The summed E-state index contributed by atoms with van der Waals surface area (Å²) in [4.78, 5) is 34.9. The van der Waals surface area contributed by atoms with Crippen molar-refractivity contribution in [1.29, 1.82) is 0 Å². The number of hydrogen-bond acceptors (Lipinski definition) is 4. The van der Waals surface area contributed by atoms with Gasteiger partial charge in [0, 0.05) is 6.20 Å². The molecule has 9 nitrogen and oxygen atoms in total. The standard InChI is InChI=1S/C3H7N3O6P2/c7-13(8,9)3(14(10,11)12)2-1-4-6-5-2/h1,3H,(H,4,5,6)(H2,7,8,9)(H2,10,11,12). The number of aromatic amines is 1. The molecule has 0 saturated heterocycles. The van der Waals surface area contributed by atoms with E-state index < -0.39 is 26.3 Å². The van der Waals surface area contributed by atoms with Gasteiger partial charge in [0.1, 0.15) is 5.69 Å². The van der Waals surface area contributed by atoms with Gasteiger partial charge in [-0.15, -0.1) is 5.10 Å². The highest BCUT2D eigenvalue weighted by Crippen LogP contribution is 2.69. The zero-order chi connectivity index (χ0) is 11.0. The van der Waals surface area contributed by atoms with E-state index in [1.807, 2.05) is 0 Å². The monoisotopic (exact) mass is 243 g/mol. The van der Waals surface area contributed by atoms with Crippen LogP contribution in [-0.2, 0) is 9.13 Å². The van der Waals surface area contributed by atoms with E-state index >= 15 is 0 Å². The maximum Gasteiger partial charge on any atom is 0.346 e. The second kappa shape index (κ2) is 3.54. The highest BCUT2D eigenvalue weighted by atomic mass is 31.2. The molecule has 0 radical (unpaired) electrons. The zero-order valence-electron chi connectivity index (χ0n) is 6.55. The lowest BCUT2D eigenvalue weighted by atomic mass is 10.6. The smallest absolute Gasteiger partial charge is 0.324 e. The molecule has 0 unspecified atom stereocenters. The van der Waals surface area contributed by atoms with Crippen molar-refractivity contribution in [2.45, 2.75) is 5.40 Å². The molecule has 0 atom stereocenters. The first-order chi connectivity index (χ1) is 6.23. The summed E-state index contributed by atoms with van der Waals surface area (Å²) in [6, 6.07) is 0. The van der Waals surface area contributed by atoms with E-state index in [-0.39, 0.29) is 0 Å². The highest BCUT2D eigenvalue weighted by Gasteiger charge is 2.46. The topological polar surface area (TPSA) is 157 Å². The summed E-state index contributed by atoms with van der Waals surface area (Å²) < 4.78 is 21.6. The number of rotatable bonds is 3. The zero-order valence-corrected chi connectivity index (χ0v) is 8.34. The van der Waals surface area contributed by atoms with Gasteiger partial charge in [-0.1, -0.05) is 5.21 Å². The molecular weight excluding hydrogens is 236 g/mol. The van der Waals surface area contributed by atoms with Crippen LogP contribution in [0, 0.1) is 0 Å².